The summed E-state index contributed by atoms with van der Waals surface area (Å²) >= 11 is 0.969. The molecule has 1 saturated heterocycles. The molecule has 3 heterocycles. The van der Waals surface area contributed by atoms with Crippen LogP contribution in [0.1, 0.15) is 18.2 Å². The molecule has 2 aliphatic heterocycles. The van der Waals surface area contributed by atoms with Crippen molar-refractivity contribution in [1.29, 1.82) is 0 Å². The molecule has 2 aliphatic rings. The number of β-lactam (4-membered cyclic amide) rings is 1. The predicted molar refractivity (Wildman–Crippen MR) is 141 cm³/mol. The molecule has 0 unspecified atom stereocenters. The van der Waals surface area contributed by atoms with Gasteiger partial charge in [-0.3, -0.25) is 9.59 Å². The van der Waals surface area contributed by atoms with Crippen LogP contribution in [0.3, 0.4) is 0 Å². The molecule has 2 amide bonds. The van der Waals surface area contributed by atoms with Crippen LogP contribution < -0.4 is 5.32 Å². The van der Waals surface area contributed by atoms with E-state index in [0.717, 1.165) is 10.1 Å². The third-order valence-corrected chi connectivity index (χ3v) is 11.5. The first kappa shape index (κ1) is 29.2. The quantitative estimate of drug-likeness (QED) is 0.124. The summed E-state index contributed by atoms with van der Waals surface area (Å²) in [7, 11) is 0. The zero-order valence-corrected chi connectivity index (χ0v) is 25.1. The molecule has 3 rings (SSSR count). The van der Waals surface area contributed by atoms with Gasteiger partial charge in [0.15, 0.2) is 0 Å². The second-order valence-electron chi connectivity index (χ2n) is 9.86. The van der Waals surface area contributed by atoms with Crippen molar-refractivity contribution in [2.75, 3.05) is 25.6 Å². The van der Waals surface area contributed by atoms with Crippen LogP contribution in [0, 0.1) is 0 Å². The Bertz CT molecular complexity index is 1070. The molecule has 0 bridgehead atoms. The molecule has 202 valence electrons. The molecule has 1 aromatic heterocycles. The number of esters is 3. The van der Waals surface area contributed by atoms with Crippen LogP contribution in [0.15, 0.2) is 28.8 Å². The van der Waals surface area contributed by atoms with E-state index in [1.807, 2.05) is 17.5 Å². The Hall–Kier alpha value is -2.32. The third-order valence-electron chi connectivity index (χ3n) is 5.58. The van der Waals surface area contributed by atoms with E-state index in [1.54, 1.807) is 0 Å². The number of fused-ring (bicyclic) bond motifs is 1. The number of amides is 2. The Morgan fingerprint density at radius 3 is 2.51 bits per heavy atom. The van der Waals surface area contributed by atoms with Gasteiger partial charge in [0.25, 0.3) is 0 Å². The Morgan fingerprint density at radius 2 is 1.86 bits per heavy atom. The van der Waals surface area contributed by atoms with E-state index in [1.165, 1.54) is 34.9 Å². The Labute approximate surface area is 226 Å². The van der Waals surface area contributed by atoms with Gasteiger partial charge in [-0.05, 0) is 11.4 Å². The average molecular weight is 613 g/mol. The van der Waals surface area contributed by atoms with Crippen molar-refractivity contribution in [2.24, 2.45) is 0 Å². The number of nitrogens with one attached hydrogen (secondary N) is 1. The van der Waals surface area contributed by atoms with Gasteiger partial charge in [0.1, 0.15) is 0 Å². The first-order valence-electron chi connectivity index (χ1n) is 11.9. The molecular formula is C24H32GeN2O8S2. The first-order chi connectivity index (χ1) is 17.5. The Balaban J connectivity index is 1.60. The van der Waals surface area contributed by atoms with Crippen molar-refractivity contribution in [1.82, 2.24) is 10.2 Å². The van der Waals surface area contributed by atoms with E-state index in [4.69, 9.17) is 14.2 Å². The van der Waals surface area contributed by atoms with Crippen molar-refractivity contribution < 1.29 is 38.2 Å². The minimum absolute atomic E-state index is 0.00548. The molecular weight excluding hydrogens is 581 g/mol. The van der Waals surface area contributed by atoms with E-state index in [-0.39, 0.29) is 43.8 Å². The van der Waals surface area contributed by atoms with Gasteiger partial charge in [-0.15, -0.1) is 11.3 Å². The third kappa shape index (κ3) is 8.34. The number of hydrogen-bond acceptors (Lipinski definition) is 10. The van der Waals surface area contributed by atoms with E-state index in [0.29, 0.717) is 17.7 Å². The summed E-state index contributed by atoms with van der Waals surface area (Å²) in [5, 5.41) is 5.00. The molecule has 1 fully saturated rings. The first-order valence-corrected chi connectivity index (χ1v) is 21.6. The zero-order chi connectivity index (χ0) is 27.2. The maximum absolute atomic E-state index is 13.0. The molecule has 2 atom stereocenters. The van der Waals surface area contributed by atoms with Gasteiger partial charge in [0, 0.05) is 11.8 Å². The van der Waals surface area contributed by atoms with E-state index >= 15 is 0 Å². The fraction of sp³-hybridized carbons (Fsp3) is 0.542. The molecule has 0 spiro atoms. The van der Waals surface area contributed by atoms with Crippen molar-refractivity contribution in [2.45, 2.75) is 53.7 Å². The molecule has 37 heavy (non-hydrogen) atoms. The van der Waals surface area contributed by atoms with Crippen LogP contribution in [-0.4, -0.2) is 84.9 Å². The number of carbonyl (C=O) groups excluding carboxylic acids is 5. The predicted octanol–water partition coefficient (Wildman–Crippen LogP) is 2.32. The Morgan fingerprint density at radius 1 is 1.14 bits per heavy atom. The van der Waals surface area contributed by atoms with Crippen LogP contribution in [-0.2, 0) is 44.6 Å². The molecule has 1 aromatic rings. The molecule has 0 radical (unpaired) electrons. The summed E-state index contributed by atoms with van der Waals surface area (Å²) < 4.78 is 15.6. The summed E-state index contributed by atoms with van der Waals surface area (Å²) in [6.07, 6.45) is 0.509. The summed E-state index contributed by atoms with van der Waals surface area (Å²) in [6, 6.07) is 2.92. The van der Waals surface area contributed by atoms with Gasteiger partial charge in [-0.25, -0.2) is 0 Å². The number of rotatable bonds is 12. The summed E-state index contributed by atoms with van der Waals surface area (Å²) in [4.78, 5) is 63.9. The van der Waals surface area contributed by atoms with Gasteiger partial charge in [-0.1, -0.05) is 6.07 Å². The number of carbonyl (C=O) groups is 5. The molecule has 10 nitrogen and oxygen atoms in total. The molecule has 0 aliphatic carbocycles. The Kier molecular flexibility index (Phi) is 10.2. The number of ether oxygens (including phenoxy) is 3. The van der Waals surface area contributed by atoms with Gasteiger partial charge >= 0.3 is 160 Å². The molecule has 0 aromatic carbocycles. The van der Waals surface area contributed by atoms with Crippen LogP contribution in [0.5, 0.6) is 0 Å². The number of hydrogen-bond donors (Lipinski definition) is 1. The second-order valence-corrected chi connectivity index (χ2v) is 23.8. The monoisotopic (exact) mass is 614 g/mol. The summed E-state index contributed by atoms with van der Waals surface area (Å²) in [6.45, 7) is 0.822. The van der Waals surface area contributed by atoms with Crippen LogP contribution in [0.25, 0.3) is 0 Å². The number of nitrogens with zero attached hydrogens (tertiary/aromatic N) is 1. The second kappa shape index (κ2) is 13.0. The van der Waals surface area contributed by atoms with Crippen LogP contribution in [0.4, 0.5) is 0 Å². The van der Waals surface area contributed by atoms with E-state index in [9.17, 15) is 24.0 Å². The standard InChI is InChI=1S/C24H32GeN2O8S2/c1-15(28)35-13-16-14-37-23-20(26-18(29)12-17-6-5-11-36-17)22(31)27(23)21(16)24(32)34-10-9-33-19(30)7-8-25(2,3)4/h5-6,11,20,23H,7-10,12-14H2,1-4H3,(H,26,29)/t20-,23-/m1/s1. The van der Waals surface area contributed by atoms with Crippen molar-refractivity contribution >= 4 is 66.1 Å². The molecule has 13 heteroatoms. The molecule has 1 N–H and O–H groups in total. The van der Waals surface area contributed by atoms with Crippen molar-refractivity contribution in [3.8, 4) is 0 Å². The topological polar surface area (TPSA) is 128 Å². The van der Waals surface area contributed by atoms with E-state index in [2.05, 4.69) is 22.6 Å². The fourth-order valence-electron chi connectivity index (χ4n) is 3.67. The minimum atomic E-state index is -1.85. The molecule has 0 saturated carbocycles. The zero-order valence-electron chi connectivity index (χ0n) is 21.4. The van der Waals surface area contributed by atoms with E-state index < -0.39 is 42.5 Å². The maximum atomic E-state index is 13.0. The van der Waals surface area contributed by atoms with Crippen LogP contribution >= 0.6 is 23.1 Å². The number of thioether (sulfide) groups is 1. The van der Waals surface area contributed by atoms with Crippen molar-refractivity contribution in [3.05, 3.63) is 33.7 Å². The fourth-order valence-corrected chi connectivity index (χ4v) is 7.71. The van der Waals surface area contributed by atoms with Crippen LogP contribution in [0.2, 0.25) is 22.5 Å². The normalized spacial score (nSPS) is 19.0. The van der Waals surface area contributed by atoms with Gasteiger partial charge < -0.3 is 5.32 Å². The van der Waals surface area contributed by atoms with Gasteiger partial charge in [0.05, 0.1) is 6.42 Å². The van der Waals surface area contributed by atoms with Crippen molar-refractivity contribution in [3.63, 3.8) is 0 Å². The number of thiophene rings is 1. The summed E-state index contributed by atoms with van der Waals surface area (Å²) in [5.41, 5.74) is 0.443. The average Bonchev–Trinajstić information content (AvgIpc) is 3.34. The SMILES string of the molecule is CC(=O)OCC1=C(C(=O)OCCOC(=O)C[CH2][Ge]([CH3])([CH3])[CH3])N2C(=O)[C@@H](NC(=O)Cc3cccs3)[C@H]2SC1. The van der Waals surface area contributed by atoms with Gasteiger partial charge in [-0.2, -0.15) is 0 Å². The summed E-state index contributed by atoms with van der Waals surface area (Å²) in [5.74, 6) is 4.60. The van der Waals surface area contributed by atoms with Gasteiger partial charge in [0.2, 0.25) is 5.91 Å².